The second-order valence-electron chi connectivity index (χ2n) is 16.9. The summed E-state index contributed by atoms with van der Waals surface area (Å²) in [6.07, 6.45) is 3.50. The minimum absolute atomic E-state index is 0.184. The highest BCUT2D eigenvalue weighted by Gasteiger charge is 2.27. The summed E-state index contributed by atoms with van der Waals surface area (Å²) in [4.78, 5) is 39.1. The molecule has 0 bridgehead atoms. The van der Waals surface area contributed by atoms with Crippen molar-refractivity contribution in [2.45, 2.75) is 18.7 Å². The van der Waals surface area contributed by atoms with Gasteiger partial charge in [-0.3, -0.25) is 10.2 Å². The number of sulfonamides is 1. The van der Waals surface area contributed by atoms with Crippen molar-refractivity contribution < 1.29 is 17.9 Å². The average molecular weight is 925 g/mol. The highest BCUT2D eigenvalue weighted by Crippen LogP contribution is 2.28. The molecule has 67 heavy (non-hydrogen) atoms. The van der Waals surface area contributed by atoms with E-state index >= 15 is 0 Å². The Kier molecular flexibility index (Phi) is 13.7. The van der Waals surface area contributed by atoms with Gasteiger partial charge < -0.3 is 40.7 Å². The van der Waals surface area contributed by atoms with Crippen molar-refractivity contribution in [3.8, 4) is 0 Å². The third kappa shape index (κ3) is 11.2. The molecule has 4 aromatic carbocycles. The average Bonchev–Trinajstić information content (AvgIpc) is 3.35. The molecule has 0 saturated carbocycles. The van der Waals surface area contributed by atoms with Crippen LogP contribution < -0.4 is 36.5 Å². The van der Waals surface area contributed by atoms with Crippen LogP contribution in [0.5, 0.6) is 0 Å². The number of morpholine rings is 1. The van der Waals surface area contributed by atoms with Gasteiger partial charge in [-0.25, -0.2) is 23.4 Å². The summed E-state index contributed by atoms with van der Waals surface area (Å²) in [5.74, 6) is 1.89. The number of amides is 1. The second kappa shape index (κ2) is 20.3. The van der Waals surface area contributed by atoms with Crippen LogP contribution >= 0.6 is 0 Å². The Bertz CT molecular complexity index is 2780. The standard InChI is InChI=1S/C48H56N14O4S/c1-34-32-49-47(53-37-10-14-41(15-11-37)59-20-18-58(3)19-21-59)55-44(34)51-39-7-4-6-36(30-39)46(63)57-61-24-22-60(23-25-61)42-16-12-38(13-17-42)54-48-50-33-35(2)45(56-48)52-40-8-5-9-43(31-40)67(64,65)62-26-28-66-29-27-62/h4-17,30-33H,18-29H2,1-3H3,(H,57,63)(H2,49,51,53,55)(H2,50,52,54,56). The fourth-order valence-electron chi connectivity index (χ4n) is 8.06. The van der Waals surface area contributed by atoms with Crippen molar-refractivity contribution >= 4 is 73.6 Å². The van der Waals surface area contributed by atoms with Crippen LogP contribution in [0.1, 0.15) is 21.5 Å². The number of benzene rings is 4. The third-order valence-corrected chi connectivity index (χ3v) is 13.9. The van der Waals surface area contributed by atoms with Crippen LogP contribution in [0.25, 0.3) is 0 Å². The quantitative estimate of drug-likeness (QED) is 0.0843. The molecule has 0 spiro atoms. The monoisotopic (exact) mass is 924 g/mol. The normalized spacial score (nSPS) is 16.3. The number of hydrogen-bond acceptors (Lipinski definition) is 16. The first kappa shape index (κ1) is 45.3. The number of nitrogens with one attached hydrogen (secondary N) is 5. The van der Waals surface area contributed by atoms with E-state index in [2.05, 4.69) is 82.7 Å². The van der Waals surface area contributed by atoms with E-state index in [0.717, 1.165) is 73.1 Å². The SMILES string of the molecule is Cc1cnc(Nc2ccc(N3CCN(C)CC3)cc2)nc1Nc1cccc(C(=O)NN2CCN(c3ccc(Nc4ncc(C)c(Nc5cccc(S(=O)(=O)N6CCOCC6)c5)n4)cc3)CC2)c1. The van der Waals surface area contributed by atoms with E-state index in [-0.39, 0.29) is 10.8 Å². The first-order chi connectivity index (χ1) is 32.5. The van der Waals surface area contributed by atoms with Gasteiger partial charge in [0.15, 0.2) is 0 Å². The first-order valence-corrected chi connectivity index (χ1v) is 23.9. The number of aromatic nitrogens is 4. The lowest BCUT2D eigenvalue weighted by molar-refractivity contribution is 0.0730. The molecule has 19 heteroatoms. The smallest absolute Gasteiger partial charge is 0.265 e. The number of carbonyl (C=O) groups excluding carboxylic acids is 1. The summed E-state index contributed by atoms with van der Waals surface area (Å²) in [7, 11) is -1.49. The molecule has 3 saturated heterocycles. The molecule has 3 aliphatic rings. The highest BCUT2D eigenvalue weighted by molar-refractivity contribution is 7.89. The molecule has 18 nitrogen and oxygen atoms in total. The van der Waals surface area contributed by atoms with Gasteiger partial charge in [0.25, 0.3) is 5.91 Å². The zero-order valence-electron chi connectivity index (χ0n) is 37.9. The summed E-state index contributed by atoms with van der Waals surface area (Å²) in [6, 6.07) is 30.6. The number of ether oxygens (including phenoxy) is 1. The number of piperazine rings is 2. The molecular formula is C48H56N14O4S. The van der Waals surface area contributed by atoms with E-state index < -0.39 is 10.0 Å². The topological polar surface area (TPSA) is 188 Å². The van der Waals surface area contributed by atoms with Crippen LogP contribution in [-0.2, 0) is 14.8 Å². The van der Waals surface area contributed by atoms with Crippen LogP contribution in [0.15, 0.2) is 114 Å². The fraction of sp³-hybridized carbons (Fsp3) is 0.312. The van der Waals surface area contributed by atoms with Gasteiger partial charge >= 0.3 is 0 Å². The molecule has 9 rings (SSSR count). The molecule has 348 valence electrons. The summed E-state index contributed by atoms with van der Waals surface area (Å²) >= 11 is 0. The number of hydrazine groups is 1. The molecule has 3 aliphatic heterocycles. The molecule has 2 aromatic heterocycles. The summed E-state index contributed by atoms with van der Waals surface area (Å²) in [5.41, 5.74) is 10.6. The first-order valence-electron chi connectivity index (χ1n) is 22.5. The van der Waals surface area contributed by atoms with Gasteiger partial charge in [0.05, 0.1) is 18.1 Å². The Labute approximate surface area is 391 Å². The molecular weight excluding hydrogens is 869 g/mol. The number of carbonyl (C=O) groups is 1. The molecule has 5 N–H and O–H groups in total. The van der Waals surface area contributed by atoms with Crippen LogP contribution in [0.3, 0.4) is 0 Å². The largest absolute Gasteiger partial charge is 0.379 e. The summed E-state index contributed by atoms with van der Waals surface area (Å²) in [5, 5.41) is 15.2. The number of aryl methyl sites for hydroxylation is 2. The molecule has 3 fully saturated rings. The molecule has 0 aliphatic carbocycles. The number of likely N-dealkylation sites (N-methyl/N-ethyl adjacent to an activating group) is 1. The molecule has 0 radical (unpaired) electrons. The summed E-state index contributed by atoms with van der Waals surface area (Å²) < 4.78 is 33.3. The van der Waals surface area contributed by atoms with Crippen molar-refractivity contribution in [2.75, 3.05) is 117 Å². The van der Waals surface area contributed by atoms with E-state index in [1.165, 1.54) is 9.99 Å². The van der Waals surface area contributed by atoms with Crippen LogP contribution in [-0.4, -0.2) is 134 Å². The minimum Gasteiger partial charge on any atom is -0.379 e. The number of nitrogens with zero attached hydrogens (tertiary/aromatic N) is 9. The Morgan fingerprint density at radius 1 is 0.582 bits per heavy atom. The van der Waals surface area contributed by atoms with Crippen LogP contribution in [0.2, 0.25) is 0 Å². The zero-order chi connectivity index (χ0) is 46.3. The van der Waals surface area contributed by atoms with Gasteiger partial charge in [-0.15, -0.1) is 0 Å². The fourth-order valence-corrected chi connectivity index (χ4v) is 9.51. The van der Waals surface area contributed by atoms with Crippen molar-refractivity contribution in [2.24, 2.45) is 0 Å². The van der Waals surface area contributed by atoms with E-state index in [9.17, 15) is 13.2 Å². The van der Waals surface area contributed by atoms with Crippen LogP contribution in [0.4, 0.5) is 57.7 Å². The van der Waals surface area contributed by atoms with Crippen molar-refractivity contribution in [1.29, 1.82) is 0 Å². The van der Waals surface area contributed by atoms with Gasteiger partial charge in [-0.05, 0) is 106 Å². The molecule has 0 atom stereocenters. The zero-order valence-corrected chi connectivity index (χ0v) is 38.8. The van der Waals surface area contributed by atoms with Crippen molar-refractivity contribution in [1.82, 2.24) is 39.6 Å². The minimum atomic E-state index is -3.65. The number of hydrogen-bond donors (Lipinski definition) is 5. The van der Waals surface area contributed by atoms with Gasteiger partial charge in [-0.1, -0.05) is 12.1 Å². The lowest BCUT2D eigenvalue weighted by atomic mass is 10.2. The van der Waals surface area contributed by atoms with Crippen molar-refractivity contribution in [3.63, 3.8) is 0 Å². The predicted octanol–water partition coefficient (Wildman–Crippen LogP) is 6.10. The number of anilines is 10. The van der Waals surface area contributed by atoms with E-state index in [1.807, 2.05) is 67.4 Å². The van der Waals surface area contributed by atoms with Crippen LogP contribution in [0, 0.1) is 13.8 Å². The predicted molar refractivity (Wildman–Crippen MR) is 263 cm³/mol. The molecule has 0 unspecified atom stereocenters. The Hall–Kier alpha value is -6.90. The maximum atomic E-state index is 13.5. The van der Waals surface area contributed by atoms with Gasteiger partial charge in [-0.2, -0.15) is 14.3 Å². The third-order valence-electron chi connectivity index (χ3n) is 12.1. The molecule has 6 aromatic rings. The maximum absolute atomic E-state index is 13.5. The number of rotatable bonds is 14. The van der Waals surface area contributed by atoms with Gasteiger partial charge in [0, 0.05) is 129 Å². The Balaban J connectivity index is 0.751. The van der Waals surface area contributed by atoms with Gasteiger partial charge in [0.1, 0.15) is 11.6 Å². The lowest BCUT2D eigenvalue weighted by Crippen LogP contribution is -2.53. The maximum Gasteiger partial charge on any atom is 0.265 e. The molecule has 1 amide bonds. The van der Waals surface area contributed by atoms with E-state index in [4.69, 9.17) is 14.7 Å². The second-order valence-corrected chi connectivity index (χ2v) is 18.8. The van der Waals surface area contributed by atoms with E-state index in [0.29, 0.717) is 74.2 Å². The highest BCUT2D eigenvalue weighted by atomic mass is 32.2. The Morgan fingerprint density at radius 3 is 1.64 bits per heavy atom. The van der Waals surface area contributed by atoms with E-state index in [1.54, 1.807) is 36.7 Å². The van der Waals surface area contributed by atoms with Crippen molar-refractivity contribution in [3.05, 3.63) is 126 Å². The van der Waals surface area contributed by atoms with Gasteiger partial charge in [0.2, 0.25) is 21.9 Å². The Morgan fingerprint density at radius 2 is 1.09 bits per heavy atom. The summed E-state index contributed by atoms with van der Waals surface area (Å²) in [6.45, 7) is 12.1. The molecule has 5 heterocycles. The lowest BCUT2D eigenvalue weighted by Gasteiger charge is -2.36.